The van der Waals surface area contributed by atoms with E-state index in [1.807, 2.05) is 6.92 Å². The topological polar surface area (TPSA) is 71.0 Å². The summed E-state index contributed by atoms with van der Waals surface area (Å²) in [5.41, 5.74) is 0. The van der Waals surface area contributed by atoms with Gasteiger partial charge in [-0.1, -0.05) is 0 Å². The van der Waals surface area contributed by atoms with Gasteiger partial charge in [0.05, 0.1) is 25.4 Å². The molecule has 0 radical (unpaired) electrons. The van der Waals surface area contributed by atoms with Crippen molar-refractivity contribution in [1.29, 1.82) is 0 Å². The van der Waals surface area contributed by atoms with E-state index in [2.05, 4.69) is 5.32 Å². The predicted molar refractivity (Wildman–Crippen MR) is 53.3 cm³/mol. The summed E-state index contributed by atoms with van der Waals surface area (Å²) in [5, 5.41) is 21.5. The molecule has 0 aromatic heterocycles. The zero-order valence-corrected chi connectivity index (χ0v) is 8.90. The predicted octanol–water partition coefficient (Wildman–Crippen LogP) is -1.02. The molecule has 0 aliphatic carbocycles. The van der Waals surface area contributed by atoms with Crippen LogP contribution in [0.15, 0.2) is 0 Å². The van der Waals surface area contributed by atoms with E-state index in [0.717, 1.165) is 0 Å². The molecule has 86 valence electrons. The van der Waals surface area contributed by atoms with E-state index in [1.165, 1.54) is 7.11 Å². The van der Waals surface area contributed by atoms with Crippen LogP contribution in [-0.2, 0) is 9.47 Å². The minimum atomic E-state index is -0.528. The second-order valence-electron chi connectivity index (χ2n) is 3.08. The van der Waals surface area contributed by atoms with Crippen LogP contribution < -0.4 is 5.32 Å². The molecule has 0 saturated carbocycles. The Kier molecular flexibility index (Phi) is 9.23. The lowest BCUT2D eigenvalue weighted by Crippen LogP contribution is -2.36. The fourth-order valence-electron chi connectivity index (χ4n) is 0.981. The highest BCUT2D eigenvalue weighted by atomic mass is 16.5. The van der Waals surface area contributed by atoms with Gasteiger partial charge in [0.1, 0.15) is 0 Å². The lowest BCUT2D eigenvalue weighted by Gasteiger charge is -2.14. The minimum absolute atomic E-state index is 0.300. The number of rotatable bonds is 9. The highest BCUT2D eigenvalue weighted by Crippen LogP contribution is 1.85. The maximum atomic E-state index is 9.32. The van der Waals surface area contributed by atoms with E-state index in [-0.39, 0.29) is 0 Å². The van der Waals surface area contributed by atoms with E-state index in [4.69, 9.17) is 9.47 Å². The zero-order valence-electron chi connectivity index (χ0n) is 8.90. The maximum Gasteiger partial charge on any atom is 0.0897 e. The second-order valence-corrected chi connectivity index (χ2v) is 3.08. The van der Waals surface area contributed by atoms with Crippen LogP contribution in [0.5, 0.6) is 0 Å². The van der Waals surface area contributed by atoms with Crippen LogP contribution in [0.2, 0.25) is 0 Å². The first-order valence-corrected chi connectivity index (χ1v) is 4.84. The van der Waals surface area contributed by atoms with Gasteiger partial charge in [0.25, 0.3) is 0 Å². The standard InChI is InChI=1S/C9H21NO4/c1-3-14-7-9(12)5-10-4-8(11)6-13-2/h8-12H,3-7H2,1-2H3. The molecule has 0 aromatic carbocycles. The number of ether oxygens (including phenoxy) is 2. The van der Waals surface area contributed by atoms with E-state index >= 15 is 0 Å². The molecule has 0 bridgehead atoms. The van der Waals surface area contributed by atoms with Crippen LogP contribution in [0.3, 0.4) is 0 Å². The third kappa shape index (κ3) is 8.40. The molecule has 5 heteroatoms. The molecule has 2 atom stereocenters. The second kappa shape index (κ2) is 9.36. The molecule has 14 heavy (non-hydrogen) atoms. The van der Waals surface area contributed by atoms with Crippen molar-refractivity contribution in [2.75, 3.05) is 40.0 Å². The van der Waals surface area contributed by atoms with Crippen molar-refractivity contribution in [2.45, 2.75) is 19.1 Å². The van der Waals surface area contributed by atoms with Crippen molar-refractivity contribution in [1.82, 2.24) is 5.32 Å². The van der Waals surface area contributed by atoms with Crippen molar-refractivity contribution >= 4 is 0 Å². The first-order chi connectivity index (χ1) is 6.70. The summed E-state index contributed by atoms with van der Waals surface area (Å²) in [5.74, 6) is 0. The van der Waals surface area contributed by atoms with Gasteiger partial charge >= 0.3 is 0 Å². The molecule has 0 spiro atoms. The largest absolute Gasteiger partial charge is 0.389 e. The first-order valence-electron chi connectivity index (χ1n) is 4.84. The Hall–Kier alpha value is -0.200. The van der Waals surface area contributed by atoms with Crippen LogP contribution in [0.25, 0.3) is 0 Å². The van der Waals surface area contributed by atoms with Crippen molar-refractivity contribution in [3.63, 3.8) is 0 Å². The monoisotopic (exact) mass is 207 g/mol. The minimum Gasteiger partial charge on any atom is -0.389 e. The fourth-order valence-corrected chi connectivity index (χ4v) is 0.981. The zero-order chi connectivity index (χ0) is 10.8. The lowest BCUT2D eigenvalue weighted by molar-refractivity contribution is 0.0354. The van der Waals surface area contributed by atoms with Gasteiger partial charge < -0.3 is 25.0 Å². The van der Waals surface area contributed by atoms with Gasteiger partial charge in [0, 0.05) is 26.8 Å². The molecule has 3 N–H and O–H groups in total. The fraction of sp³-hybridized carbons (Fsp3) is 1.00. The molecule has 0 aliphatic rings. The molecular formula is C9H21NO4. The van der Waals surface area contributed by atoms with E-state index in [9.17, 15) is 10.2 Å². The molecule has 2 unspecified atom stereocenters. The summed E-state index contributed by atoms with van der Waals surface area (Å²) in [4.78, 5) is 0. The number of aliphatic hydroxyl groups is 2. The molecule has 0 amide bonds. The van der Waals surface area contributed by atoms with Crippen LogP contribution in [0.4, 0.5) is 0 Å². The highest BCUT2D eigenvalue weighted by Gasteiger charge is 2.06. The van der Waals surface area contributed by atoms with Gasteiger partial charge in [-0.2, -0.15) is 0 Å². The quantitative estimate of drug-likeness (QED) is 0.451. The van der Waals surface area contributed by atoms with Crippen LogP contribution >= 0.6 is 0 Å². The van der Waals surface area contributed by atoms with Gasteiger partial charge in [-0.15, -0.1) is 0 Å². The number of methoxy groups -OCH3 is 1. The summed E-state index contributed by atoms with van der Waals surface area (Å²) >= 11 is 0. The van der Waals surface area contributed by atoms with Crippen LogP contribution in [0.1, 0.15) is 6.92 Å². The van der Waals surface area contributed by atoms with E-state index in [0.29, 0.717) is 32.9 Å². The van der Waals surface area contributed by atoms with Crippen LogP contribution in [0, 0.1) is 0 Å². The Morgan fingerprint density at radius 1 is 1.14 bits per heavy atom. The molecular weight excluding hydrogens is 186 g/mol. The summed E-state index contributed by atoms with van der Waals surface area (Å²) in [6.07, 6.45) is -1.05. The summed E-state index contributed by atoms with van der Waals surface area (Å²) in [7, 11) is 1.53. The van der Waals surface area contributed by atoms with Gasteiger partial charge in [-0.05, 0) is 6.92 Å². The van der Waals surface area contributed by atoms with E-state index < -0.39 is 12.2 Å². The Labute approximate surface area is 85.0 Å². The van der Waals surface area contributed by atoms with Gasteiger partial charge in [0.2, 0.25) is 0 Å². The van der Waals surface area contributed by atoms with Crippen molar-refractivity contribution in [2.24, 2.45) is 0 Å². The van der Waals surface area contributed by atoms with Crippen molar-refractivity contribution < 1.29 is 19.7 Å². The van der Waals surface area contributed by atoms with Gasteiger partial charge in [-0.25, -0.2) is 0 Å². The van der Waals surface area contributed by atoms with Crippen LogP contribution in [-0.4, -0.2) is 62.4 Å². The lowest BCUT2D eigenvalue weighted by atomic mass is 10.3. The van der Waals surface area contributed by atoms with Crippen molar-refractivity contribution in [3.8, 4) is 0 Å². The Bertz CT molecular complexity index is 123. The molecule has 0 heterocycles. The molecule has 0 saturated heterocycles. The number of hydrogen-bond donors (Lipinski definition) is 3. The third-order valence-corrected chi connectivity index (χ3v) is 1.63. The SMILES string of the molecule is CCOCC(O)CNCC(O)COC. The Morgan fingerprint density at radius 3 is 2.21 bits per heavy atom. The number of hydrogen-bond acceptors (Lipinski definition) is 5. The smallest absolute Gasteiger partial charge is 0.0897 e. The average molecular weight is 207 g/mol. The molecule has 0 aromatic rings. The number of nitrogens with one attached hydrogen (secondary N) is 1. The van der Waals surface area contributed by atoms with E-state index in [1.54, 1.807) is 0 Å². The molecule has 0 fully saturated rings. The Morgan fingerprint density at radius 2 is 1.71 bits per heavy atom. The molecule has 0 rings (SSSR count). The first kappa shape index (κ1) is 13.8. The molecule has 5 nitrogen and oxygen atoms in total. The maximum absolute atomic E-state index is 9.32. The van der Waals surface area contributed by atoms with Crippen molar-refractivity contribution in [3.05, 3.63) is 0 Å². The third-order valence-electron chi connectivity index (χ3n) is 1.63. The normalized spacial score (nSPS) is 15.4. The highest BCUT2D eigenvalue weighted by molar-refractivity contribution is 4.62. The molecule has 0 aliphatic heterocycles. The number of aliphatic hydroxyl groups excluding tert-OH is 2. The average Bonchev–Trinajstić information content (AvgIpc) is 2.15. The van der Waals surface area contributed by atoms with Gasteiger partial charge in [-0.3, -0.25) is 0 Å². The Balaban J connectivity index is 3.25. The summed E-state index contributed by atoms with van der Waals surface area (Å²) in [6, 6.07) is 0. The summed E-state index contributed by atoms with van der Waals surface area (Å²) < 4.78 is 9.77. The summed E-state index contributed by atoms with van der Waals surface area (Å²) in [6.45, 7) is 3.93. The van der Waals surface area contributed by atoms with Gasteiger partial charge in [0.15, 0.2) is 0 Å².